The van der Waals surface area contributed by atoms with Gasteiger partial charge in [0.1, 0.15) is 11.6 Å². The van der Waals surface area contributed by atoms with Crippen molar-refractivity contribution >= 4 is 15.9 Å². The first-order valence-electron chi connectivity index (χ1n) is 9.65. The number of hydrogen-bond acceptors (Lipinski definition) is 4. The molecule has 0 aliphatic carbocycles. The topological polar surface area (TPSA) is 84.5 Å². The summed E-state index contributed by atoms with van der Waals surface area (Å²) in [4.78, 5) is 12.2. The van der Waals surface area contributed by atoms with Crippen molar-refractivity contribution in [3.63, 3.8) is 0 Å². The highest BCUT2D eigenvalue weighted by Crippen LogP contribution is 2.17. The molecule has 0 spiro atoms. The number of ether oxygens (including phenoxy) is 1. The lowest BCUT2D eigenvalue weighted by molar-refractivity contribution is -0.123. The van der Waals surface area contributed by atoms with Gasteiger partial charge in [0.2, 0.25) is 10.0 Å². The first kappa shape index (κ1) is 22.5. The van der Waals surface area contributed by atoms with E-state index >= 15 is 0 Å². The SMILES string of the molecule is CC(NC(=O)COc1ccc(S(=O)(=O)NCc2ccccc2)cc1)c1ccc(F)cc1. The standard InChI is InChI=1S/C23H23FN2O4S/c1-17(19-7-9-20(24)10-8-19)26-23(27)16-30-21-11-13-22(14-12-21)31(28,29)25-15-18-5-3-2-4-6-18/h2-14,17,25H,15-16H2,1H3,(H,26,27). The zero-order valence-electron chi connectivity index (χ0n) is 16.9. The van der Waals surface area contributed by atoms with Crippen LogP contribution in [0.3, 0.4) is 0 Å². The third-order valence-electron chi connectivity index (χ3n) is 4.56. The Morgan fingerprint density at radius 3 is 2.26 bits per heavy atom. The molecule has 0 aliphatic heterocycles. The number of nitrogens with one attached hydrogen (secondary N) is 2. The van der Waals surface area contributed by atoms with Gasteiger partial charge in [-0.25, -0.2) is 17.5 Å². The van der Waals surface area contributed by atoms with Gasteiger partial charge in [0, 0.05) is 6.54 Å². The number of carbonyl (C=O) groups excluding carboxylic acids is 1. The molecule has 0 radical (unpaired) electrons. The summed E-state index contributed by atoms with van der Waals surface area (Å²) in [7, 11) is -3.67. The van der Waals surface area contributed by atoms with E-state index in [9.17, 15) is 17.6 Å². The van der Waals surface area contributed by atoms with Crippen molar-refractivity contribution < 1.29 is 22.3 Å². The van der Waals surface area contributed by atoms with Crippen LogP contribution in [0, 0.1) is 5.82 Å². The van der Waals surface area contributed by atoms with Crippen LogP contribution in [-0.2, 0) is 21.4 Å². The van der Waals surface area contributed by atoms with Crippen LogP contribution in [0.1, 0.15) is 24.1 Å². The molecule has 0 aliphatic rings. The van der Waals surface area contributed by atoms with E-state index in [1.54, 1.807) is 19.1 Å². The Morgan fingerprint density at radius 1 is 0.968 bits per heavy atom. The molecule has 2 N–H and O–H groups in total. The molecule has 0 aromatic heterocycles. The van der Waals surface area contributed by atoms with Crippen LogP contribution in [-0.4, -0.2) is 20.9 Å². The van der Waals surface area contributed by atoms with Crippen LogP contribution in [0.4, 0.5) is 4.39 Å². The normalized spacial score (nSPS) is 12.2. The molecule has 3 rings (SSSR count). The molecule has 0 saturated heterocycles. The Morgan fingerprint density at radius 2 is 1.61 bits per heavy atom. The van der Waals surface area contributed by atoms with E-state index in [0.717, 1.165) is 11.1 Å². The van der Waals surface area contributed by atoms with E-state index in [0.29, 0.717) is 5.75 Å². The molecule has 0 heterocycles. The van der Waals surface area contributed by atoms with Gasteiger partial charge in [-0.1, -0.05) is 42.5 Å². The fourth-order valence-electron chi connectivity index (χ4n) is 2.84. The van der Waals surface area contributed by atoms with Crippen molar-refractivity contribution in [2.75, 3.05) is 6.61 Å². The molecular weight excluding hydrogens is 419 g/mol. The summed E-state index contributed by atoms with van der Waals surface area (Å²) in [5, 5.41) is 2.76. The van der Waals surface area contributed by atoms with E-state index < -0.39 is 10.0 Å². The minimum absolute atomic E-state index is 0.102. The van der Waals surface area contributed by atoms with Gasteiger partial charge in [0.05, 0.1) is 10.9 Å². The molecule has 1 amide bonds. The van der Waals surface area contributed by atoms with Crippen LogP contribution >= 0.6 is 0 Å². The van der Waals surface area contributed by atoms with Gasteiger partial charge in [-0.05, 0) is 54.4 Å². The van der Waals surface area contributed by atoms with Gasteiger partial charge in [-0.15, -0.1) is 0 Å². The fourth-order valence-corrected chi connectivity index (χ4v) is 3.86. The zero-order chi connectivity index (χ0) is 22.3. The Balaban J connectivity index is 1.50. The monoisotopic (exact) mass is 442 g/mol. The van der Waals surface area contributed by atoms with E-state index in [1.807, 2.05) is 30.3 Å². The largest absolute Gasteiger partial charge is 0.484 e. The molecule has 6 nitrogen and oxygen atoms in total. The molecule has 3 aromatic carbocycles. The van der Waals surface area contributed by atoms with Crippen LogP contribution in [0.2, 0.25) is 0 Å². The van der Waals surface area contributed by atoms with E-state index in [4.69, 9.17) is 4.74 Å². The third kappa shape index (κ3) is 6.63. The molecule has 1 unspecified atom stereocenters. The molecule has 0 fully saturated rings. The summed E-state index contributed by atoms with van der Waals surface area (Å²) in [6.07, 6.45) is 0. The Bertz CT molecular complexity index is 1100. The zero-order valence-corrected chi connectivity index (χ0v) is 17.7. The highest BCUT2D eigenvalue weighted by molar-refractivity contribution is 7.89. The van der Waals surface area contributed by atoms with Crippen LogP contribution < -0.4 is 14.8 Å². The summed E-state index contributed by atoms with van der Waals surface area (Å²) in [5.74, 6) is -0.323. The first-order chi connectivity index (χ1) is 14.8. The number of amides is 1. The second-order valence-corrected chi connectivity index (χ2v) is 8.68. The van der Waals surface area contributed by atoms with Crippen molar-refractivity contribution in [1.82, 2.24) is 10.0 Å². The summed E-state index contributed by atoms with van der Waals surface area (Å²) in [5.41, 5.74) is 1.62. The quantitative estimate of drug-likeness (QED) is 0.531. The molecule has 31 heavy (non-hydrogen) atoms. The number of hydrogen-bond donors (Lipinski definition) is 2. The molecule has 162 valence electrons. The maximum atomic E-state index is 13.0. The highest BCUT2D eigenvalue weighted by atomic mass is 32.2. The summed E-state index contributed by atoms with van der Waals surface area (Å²) in [6, 6.07) is 20.6. The Hall–Kier alpha value is -3.23. The van der Waals surface area contributed by atoms with Crippen molar-refractivity contribution in [2.45, 2.75) is 24.4 Å². The van der Waals surface area contributed by atoms with Gasteiger partial charge in [-0.2, -0.15) is 0 Å². The smallest absolute Gasteiger partial charge is 0.258 e. The van der Waals surface area contributed by atoms with E-state index in [2.05, 4.69) is 10.0 Å². The van der Waals surface area contributed by atoms with Gasteiger partial charge in [0.25, 0.3) is 5.91 Å². The summed E-state index contributed by atoms with van der Waals surface area (Å²) < 4.78 is 45.8. The van der Waals surface area contributed by atoms with E-state index in [-0.39, 0.29) is 35.8 Å². The molecule has 0 saturated carbocycles. The Kier molecular flexibility index (Phi) is 7.38. The number of carbonyl (C=O) groups is 1. The predicted octanol–water partition coefficient (Wildman–Crippen LogP) is 3.56. The molecule has 1 atom stereocenters. The lowest BCUT2D eigenvalue weighted by Crippen LogP contribution is -2.31. The van der Waals surface area contributed by atoms with Crippen LogP contribution in [0.15, 0.2) is 83.8 Å². The number of sulfonamides is 1. The van der Waals surface area contributed by atoms with Crippen LogP contribution in [0.25, 0.3) is 0 Å². The van der Waals surface area contributed by atoms with E-state index in [1.165, 1.54) is 36.4 Å². The van der Waals surface area contributed by atoms with Gasteiger partial charge in [-0.3, -0.25) is 4.79 Å². The molecule has 0 bridgehead atoms. The predicted molar refractivity (Wildman–Crippen MR) is 115 cm³/mol. The van der Waals surface area contributed by atoms with Crippen LogP contribution in [0.5, 0.6) is 5.75 Å². The second-order valence-electron chi connectivity index (χ2n) is 6.91. The minimum Gasteiger partial charge on any atom is -0.484 e. The number of benzene rings is 3. The van der Waals surface area contributed by atoms with Crippen molar-refractivity contribution in [2.24, 2.45) is 0 Å². The second kappa shape index (κ2) is 10.2. The number of rotatable bonds is 9. The number of halogens is 1. The van der Waals surface area contributed by atoms with Crippen molar-refractivity contribution in [3.05, 3.63) is 95.8 Å². The molecular formula is C23H23FN2O4S. The fraction of sp³-hybridized carbons (Fsp3) is 0.174. The van der Waals surface area contributed by atoms with Gasteiger partial charge >= 0.3 is 0 Å². The van der Waals surface area contributed by atoms with Crippen molar-refractivity contribution in [1.29, 1.82) is 0 Å². The lowest BCUT2D eigenvalue weighted by atomic mass is 10.1. The summed E-state index contributed by atoms with van der Waals surface area (Å²) in [6.45, 7) is 1.74. The first-order valence-corrected chi connectivity index (χ1v) is 11.1. The maximum absolute atomic E-state index is 13.0. The Labute approximate surface area is 181 Å². The third-order valence-corrected chi connectivity index (χ3v) is 5.98. The van der Waals surface area contributed by atoms with Gasteiger partial charge in [0.15, 0.2) is 6.61 Å². The summed E-state index contributed by atoms with van der Waals surface area (Å²) >= 11 is 0. The molecule has 3 aromatic rings. The van der Waals surface area contributed by atoms with Gasteiger partial charge < -0.3 is 10.1 Å². The maximum Gasteiger partial charge on any atom is 0.258 e. The minimum atomic E-state index is -3.67. The molecule has 8 heteroatoms. The average Bonchev–Trinajstić information content (AvgIpc) is 2.78. The van der Waals surface area contributed by atoms with Crippen molar-refractivity contribution in [3.8, 4) is 5.75 Å². The lowest BCUT2D eigenvalue weighted by Gasteiger charge is -2.15. The average molecular weight is 443 g/mol. The highest BCUT2D eigenvalue weighted by Gasteiger charge is 2.14.